The lowest BCUT2D eigenvalue weighted by atomic mass is 9.89. The van der Waals surface area contributed by atoms with Crippen molar-refractivity contribution in [1.29, 1.82) is 0 Å². The van der Waals surface area contributed by atoms with E-state index >= 15 is 0 Å². The fourth-order valence-electron chi connectivity index (χ4n) is 2.43. The first-order chi connectivity index (χ1) is 10.3. The van der Waals surface area contributed by atoms with E-state index in [9.17, 15) is 23.1 Å². The molecule has 0 unspecified atom stereocenters. The molecule has 1 fully saturated rings. The lowest BCUT2D eigenvalue weighted by molar-refractivity contribution is -0.268. The molecule has 0 aliphatic carbocycles. The standard InChI is InChI=1S/C15H18F3NO2S/c16-15(17,18)14(21,11-5-2-1-3-6-11)8-9-19-13(20)12-7-4-10-22-12/h1-3,5-6,12,21H,4,7-10H2,(H,19,20)/t12-,14+/m1/s1. The van der Waals surface area contributed by atoms with Gasteiger partial charge in [0.25, 0.3) is 0 Å². The number of carbonyl (C=O) groups excluding carboxylic acids is 1. The summed E-state index contributed by atoms with van der Waals surface area (Å²) in [6, 6.07) is 6.95. The van der Waals surface area contributed by atoms with Gasteiger partial charge in [0.15, 0.2) is 5.60 Å². The van der Waals surface area contributed by atoms with Crippen LogP contribution in [0.5, 0.6) is 0 Å². The molecule has 0 radical (unpaired) electrons. The van der Waals surface area contributed by atoms with Crippen molar-refractivity contribution >= 4 is 17.7 Å². The molecule has 3 nitrogen and oxygen atoms in total. The number of alkyl halides is 3. The zero-order valence-corrected chi connectivity index (χ0v) is 12.7. The van der Waals surface area contributed by atoms with E-state index < -0.39 is 18.2 Å². The summed E-state index contributed by atoms with van der Waals surface area (Å²) in [6.07, 6.45) is -3.72. The smallest absolute Gasteiger partial charge is 0.376 e. The van der Waals surface area contributed by atoms with E-state index in [-0.39, 0.29) is 23.3 Å². The predicted molar refractivity (Wildman–Crippen MR) is 79.5 cm³/mol. The molecular formula is C15H18F3NO2S. The second-order valence-corrected chi connectivity index (χ2v) is 6.58. The zero-order valence-electron chi connectivity index (χ0n) is 11.9. The number of rotatable bonds is 5. The Morgan fingerprint density at radius 2 is 2.00 bits per heavy atom. The van der Waals surface area contributed by atoms with Gasteiger partial charge in [-0.15, -0.1) is 11.8 Å². The molecule has 1 heterocycles. The molecule has 22 heavy (non-hydrogen) atoms. The van der Waals surface area contributed by atoms with E-state index in [0.717, 1.165) is 18.6 Å². The third kappa shape index (κ3) is 3.76. The lowest BCUT2D eigenvalue weighted by Gasteiger charge is -2.31. The van der Waals surface area contributed by atoms with Crippen LogP contribution < -0.4 is 5.32 Å². The van der Waals surface area contributed by atoms with Gasteiger partial charge in [-0.1, -0.05) is 30.3 Å². The van der Waals surface area contributed by atoms with Crippen LogP contribution in [0.2, 0.25) is 0 Å². The minimum Gasteiger partial charge on any atom is -0.376 e. The summed E-state index contributed by atoms with van der Waals surface area (Å²) < 4.78 is 39.7. The van der Waals surface area contributed by atoms with Crippen molar-refractivity contribution in [3.8, 4) is 0 Å². The number of thioether (sulfide) groups is 1. The maximum atomic E-state index is 13.2. The summed E-state index contributed by atoms with van der Waals surface area (Å²) in [5.74, 6) is 0.647. The van der Waals surface area contributed by atoms with Gasteiger partial charge >= 0.3 is 6.18 Å². The number of hydrogen-bond acceptors (Lipinski definition) is 3. The summed E-state index contributed by atoms with van der Waals surface area (Å²) >= 11 is 1.51. The number of benzene rings is 1. The van der Waals surface area contributed by atoms with Crippen molar-refractivity contribution in [2.75, 3.05) is 12.3 Å². The zero-order chi connectivity index (χ0) is 16.2. The van der Waals surface area contributed by atoms with Crippen LogP contribution in [0.25, 0.3) is 0 Å². The van der Waals surface area contributed by atoms with Crippen LogP contribution in [0.3, 0.4) is 0 Å². The predicted octanol–water partition coefficient (Wildman–Crippen LogP) is 2.84. The Morgan fingerprint density at radius 3 is 2.55 bits per heavy atom. The Bertz CT molecular complexity index is 503. The Labute approximate surface area is 131 Å². The quantitative estimate of drug-likeness (QED) is 0.871. The van der Waals surface area contributed by atoms with Crippen LogP contribution in [0, 0.1) is 0 Å². The maximum absolute atomic E-state index is 13.2. The van der Waals surface area contributed by atoms with Crippen LogP contribution in [-0.2, 0) is 10.4 Å². The molecule has 1 amide bonds. The van der Waals surface area contributed by atoms with Gasteiger partial charge < -0.3 is 10.4 Å². The molecule has 2 rings (SSSR count). The monoisotopic (exact) mass is 333 g/mol. The summed E-state index contributed by atoms with van der Waals surface area (Å²) in [7, 11) is 0. The molecule has 1 aromatic rings. The lowest BCUT2D eigenvalue weighted by Crippen LogP contribution is -2.45. The first-order valence-corrected chi connectivity index (χ1v) is 8.13. The first kappa shape index (κ1) is 17.1. The Kier molecular flexibility index (Phi) is 5.39. The fraction of sp³-hybridized carbons (Fsp3) is 0.533. The van der Waals surface area contributed by atoms with Crippen molar-refractivity contribution in [3.05, 3.63) is 35.9 Å². The van der Waals surface area contributed by atoms with Crippen molar-refractivity contribution < 1.29 is 23.1 Å². The molecule has 122 valence electrons. The minimum atomic E-state index is -4.80. The second-order valence-electron chi connectivity index (χ2n) is 5.27. The van der Waals surface area contributed by atoms with Crippen LogP contribution in [0.1, 0.15) is 24.8 Å². The van der Waals surface area contributed by atoms with E-state index in [2.05, 4.69) is 5.32 Å². The molecule has 1 aliphatic rings. The van der Waals surface area contributed by atoms with Gasteiger partial charge in [0.05, 0.1) is 5.25 Å². The van der Waals surface area contributed by atoms with Crippen molar-refractivity contribution in [3.63, 3.8) is 0 Å². The highest BCUT2D eigenvalue weighted by Gasteiger charge is 2.54. The average Bonchev–Trinajstić information content (AvgIpc) is 3.01. The Hall–Kier alpha value is -1.21. The van der Waals surface area contributed by atoms with E-state index in [1.807, 2.05) is 0 Å². The van der Waals surface area contributed by atoms with Gasteiger partial charge in [-0.2, -0.15) is 13.2 Å². The van der Waals surface area contributed by atoms with Crippen LogP contribution >= 0.6 is 11.8 Å². The highest BCUT2D eigenvalue weighted by molar-refractivity contribution is 8.00. The summed E-state index contributed by atoms with van der Waals surface area (Å²) in [5.41, 5.74) is -3.17. The summed E-state index contributed by atoms with van der Waals surface area (Å²) in [4.78, 5) is 11.8. The minimum absolute atomic E-state index is 0.185. The van der Waals surface area contributed by atoms with Crippen LogP contribution in [-0.4, -0.2) is 34.7 Å². The van der Waals surface area contributed by atoms with E-state index in [4.69, 9.17) is 0 Å². The van der Waals surface area contributed by atoms with E-state index in [0.29, 0.717) is 0 Å². The van der Waals surface area contributed by atoms with Gasteiger partial charge in [-0.3, -0.25) is 4.79 Å². The van der Waals surface area contributed by atoms with Gasteiger partial charge in [-0.25, -0.2) is 0 Å². The number of halogens is 3. The van der Waals surface area contributed by atoms with Crippen molar-refractivity contribution in [2.24, 2.45) is 0 Å². The molecule has 7 heteroatoms. The maximum Gasteiger partial charge on any atom is 0.421 e. The molecule has 0 bridgehead atoms. The van der Waals surface area contributed by atoms with Crippen LogP contribution in [0.4, 0.5) is 13.2 Å². The van der Waals surface area contributed by atoms with Gasteiger partial charge in [0, 0.05) is 13.0 Å². The average molecular weight is 333 g/mol. The SMILES string of the molecule is O=C(NCC[C@](O)(c1ccccc1)C(F)(F)F)[C@H]1CCCS1. The van der Waals surface area contributed by atoms with Crippen molar-refractivity contribution in [2.45, 2.75) is 36.3 Å². The summed E-state index contributed by atoms with van der Waals surface area (Å²) in [5, 5.41) is 12.4. The third-order valence-electron chi connectivity index (χ3n) is 3.73. The molecule has 2 atom stereocenters. The molecule has 0 spiro atoms. The van der Waals surface area contributed by atoms with Gasteiger partial charge in [0.1, 0.15) is 0 Å². The van der Waals surface area contributed by atoms with Crippen molar-refractivity contribution in [1.82, 2.24) is 5.32 Å². The van der Waals surface area contributed by atoms with E-state index in [1.165, 1.54) is 36.0 Å². The number of aliphatic hydroxyl groups is 1. The number of carbonyl (C=O) groups is 1. The molecule has 1 aromatic carbocycles. The third-order valence-corrected chi connectivity index (χ3v) is 5.10. The normalized spacial score (nSPS) is 21.4. The summed E-state index contributed by atoms with van der Waals surface area (Å²) in [6.45, 7) is -0.221. The highest BCUT2D eigenvalue weighted by Crippen LogP contribution is 2.41. The molecular weight excluding hydrogens is 315 g/mol. The topological polar surface area (TPSA) is 49.3 Å². The highest BCUT2D eigenvalue weighted by atomic mass is 32.2. The van der Waals surface area contributed by atoms with Gasteiger partial charge in [-0.05, 0) is 24.2 Å². The molecule has 1 saturated heterocycles. The number of hydrogen-bond donors (Lipinski definition) is 2. The molecule has 1 aliphatic heterocycles. The second kappa shape index (κ2) is 6.91. The molecule has 0 aromatic heterocycles. The number of nitrogens with one attached hydrogen (secondary N) is 1. The largest absolute Gasteiger partial charge is 0.421 e. The van der Waals surface area contributed by atoms with E-state index in [1.54, 1.807) is 6.07 Å². The molecule has 0 saturated carbocycles. The van der Waals surface area contributed by atoms with Gasteiger partial charge in [0.2, 0.25) is 5.91 Å². The Morgan fingerprint density at radius 1 is 1.32 bits per heavy atom. The van der Waals surface area contributed by atoms with Crippen LogP contribution in [0.15, 0.2) is 30.3 Å². The molecule has 2 N–H and O–H groups in total. The fourth-order valence-corrected chi connectivity index (χ4v) is 3.61. The number of amides is 1. The Balaban J connectivity index is 2.00. The first-order valence-electron chi connectivity index (χ1n) is 7.08.